The Balaban J connectivity index is 1.66. The molecule has 0 saturated heterocycles. The van der Waals surface area contributed by atoms with Gasteiger partial charge in [-0.15, -0.1) is 0 Å². The number of carbonyl (C=O) groups excluding carboxylic acids is 1. The summed E-state index contributed by atoms with van der Waals surface area (Å²) in [6.45, 7) is 6.24. The molecule has 6 nitrogen and oxygen atoms in total. The molecule has 2 aromatic carbocycles. The fraction of sp³-hybridized carbons (Fsp3) is 0.409. The highest BCUT2D eigenvalue weighted by Gasteiger charge is 2.42. The van der Waals surface area contributed by atoms with Crippen LogP contribution in [0.2, 0.25) is 0 Å². The van der Waals surface area contributed by atoms with Crippen molar-refractivity contribution in [2.45, 2.75) is 32.8 Å². The molecule has 28 heavy (non-hydrogen) atoms. The predicted molar refractivity (Wildman–Crippen MR) is 99.8 cm³/mol. The molecule has 3 aliphatic rings. The van der Waals surface area contributed by atoms with Gasteiger partial charge < -0.3 is 23.7 Å². The van der Waals surface area contributed by atoms with E-state index in [1.54, 1.807) is 0 Å². The lowest BCUT2D eigenvalue weighted by atomic mass is 9.66. The van der Waals surface area contributed by atoms with Crippen molar-refractivity contribution in [1.29, 1.82) is 0 Å². The number of hydrogen-bond acceptors (Lipinski definition) is 6. The molecule has 1 aliphatic carbocycles. The smallest absolute Gasteiger partial charge is 0.303 e. The minimum atomic E-state index is -0.317. The Hall–Kier alpha value is -2.89. The van der Waals surface area contributed by atoms with Crippen LogP contribution < -0.4 is 18.9 Å². The second-order valence-electron chi connectivity index (χ2n) is 7.67. The Morgan fingerprint density at radius 1 is 0.857 bits per heavy atom. The Labute approximate surface area is 163 Å². The summed E-state index contributed by atoms with van der Waals surface area (Å²) in [6, 6.07) is 10.1. The summed E-state index contributed by atoms with van der Waals surface area (Å²) in [6.07, 6.45) is -0.317. The molecular weight excluding hydrogens is 360 g/mol. The van der Waals surface area contributed by atoms with E-state index >= 15 is 0 Å². The SMILES string of the molecule is CC(=O)O[C@H]1c2cc3c(cc2[C@H](c2ccc4c(c2)OCO4)[C@@H](C)[C@@H]1C)OCO3. The predicted octanol–water partition coefficient (Wildman–Crippen LogP) is 4.17. The number of fused-ring (bicyclic) bond motifs is 3. The Morgan fingerprint density at radius 3 is 2.14 bits per heavy atom. The van der Waals surface area contributed by atoms with Crippen molar-refractivity contribution < 1.29 is 28.5 Å². The molecule has 0 aromatic heterocycles. The van der Waals surface area contributed by atoms with Gasteiger partial charge in [0.05, 0.1) is 0 Å². The first-order valence-corrected chi connectivity index (χ1v) is 9.53. The lowest BCUT2D eigenvalue weighted by molar-refractivity contribution is -0.151. The summed E-state index contributed by atoms with van der Waals surface area (Å²) in [5.74, 6) is 3.15. The third-order valence-electron chi connectivity index (χ3n) is 6.10. The molecule has 0 amide bonds. The van der Waals surface area contributed by atoms with E-state index < -0.39 is 0 Å². The molecule has 5 rings (SSSR count). The summed E-state index contributed by atoms with van der Waals surface area (Å²) in [7, 11) is 0. The third kappa shape index (κ3) is 2.58. The van der Waals surface area contributed by atoms with E-state index in [0.717, 1.165) is 33.9 Å². The van der Waals surface area contributed by atoms with Gasteiger partial charge >= 0.3 is 5.97 Å². The van der Waals surface area contributed by atoms with Gasteiger partial charge in [0.1, 0.15) is 6.10 Å². The zero-order valence-electron chi connectivity index (χ0n) is 16.1. The number of esters is 1. The average molecular weight is 382 g/mol. The molecular formula is C22H22O6. The standard InChI is InChI=1S/C22H22O6/c1-11-12(2)22(28-13(3)23)16-8-20-19(26-10-27-20)7-15(16)21(11)14-4-5-17-18(6-14)25-9-24-17/h4-8,11-12,21-22H,9-10H2,1-3H3/t11-,12-,21-,22+/m0/s1. The summed E-state index contributed by atoms with van der Waals surface area (Å²) >= 11 is 0. The first-order valence-electron chi connectivity index (χ1n) is 9.53. The zero-order chi connectivity index (χ0) is 19.4. The largest absolute Gasteiger partial charge is 0.457 e. The highest BCUT2D eigenvalue weighted by Crippen LogP contribution is 2.53. The highest BCUT2D eigenvalue weighted by atomic mass is 16.7. The minimum Gasteiger partial charge on any atom is -0.457 e. The molecule has 0 N–H and O–H groups in total. The van der Waals surface area contributed by atoms with Gasteiger partial charge in [0.15, 0.2) is 23.0 Å². The van der Waals surface area contributed by atoms with Gasteiger partial charge in [0, 0.05) is 24.3 Å². The van der Waals surface area contributed by atoms with Crippen LogP contribution in [0.4, 0.5) is 0 Å². The van der Waals surface area contributed by atoms with E-state index in [1.807, 2.05) is 18.2 Å². The monoisotopic (exact) mass is 382 g/mol. The molecule has 0 unspecified atom stereocenters. The quantitative estimate of drug-likeness (QED) is 0.727. The lowest BCUT2D eigenvalue weighted by Gasteiger charge is -2.41. The Morgan fingerprint density at radius 2 is 1.46 bits per heavy atom. The second-order valence-corrected chi connectivity index (χ2v) is 7.67. The van der Waals surface area contributed by atoms with Crippen molar-refractivity contribution in [3.05, 3.63) is 47.0 Å². The maximum absolute atomic E-state index is 11.8. The number of hydrogen-bond donors (Lipinski definition) is 0. The van der Waals surface area contributed by atoms with E-state index in [4.69, 9.17) is 23.7 Å². The maximum Gasteiger partial charge on any atom is 0.303 e. The van der Waals surface area contributed by atoms with Gasteiger partial charge in [0.2, 0.25) is 13.6 Å². The fourth-order valence-electron chi connectivity index (χ4n) is 4.57. The molecule has 0 fully saturated rings. The highest BCUT2D eigenvalue weighted by molar-refractivity contribution is 5.67. The van der Waals surface area contributed by atoms with Crippen LogP contribution in [0, 0.1) is 11.8 Å². The van der Waals surface area contributed by atoms with Crippen molar-refractivity contribution >= 4 is 5.97 Å². The number of rotatable bonds is 2. The van der Waals surface area contributed by atoms with Crippen LogP contribution in [0.25, 0.3) is 0 Å². The van der Waals surface area contributed by atoms with E-state index in [2.05, 4.69) is 26.0 Å². The van der Waals surface area contributed by atoms with E-state index in [9.17, 15) is 4.79 Å². The molecule has 0 radical (unpaired) electrons. The van der Waals surface area contributed by atoms with E-state index in [0.29, 0.717) is 5.75 Å². The van der Waals surface area contributed by atoms with Crippen molar-refractivity contribution in [2.75, 3.05) is 13.6 Å². The number of ether oxygens (including phenoxy) is 5. The first-order chi connectivity index (χ1) is 13.5. The van der Waals surface area contributed by atoms with Gasteiger partial charge in [-0.1, -0.05) is 19.9 Å². The zero-order valence-corrected chi connectivity index (χ0v) is 16.1. The van der Waals surface area contributed by atoms with Crippen LogP contribution in [0.1, 0.15) is 49.5 Å². The minimum absolute atomic E-state index is 0.112. The van der Waals surface area contributed by atoms with Gasteiger partial charge in [-0.25, -0.2) is 0 Å². The van der Waals surface area contributed by atoms with Crippen molar-refractivity contribution in [2.24, 2.45) is 11.8 Å². The molecule has 2 aliphatic heterocycles. The van der Waals surface area contributed by atoms with Crippen LogP contribution in [0.5, 0.6) is 23.0 Å². The van der Waals surface area contributed by atoms with Crippen molar-refractivity contribution in [3.8, 4) is 23.0 Å². The molecule has 2 heterocycles. The topological polar surface area (TPSA) is 63.2 Å². The first kappa shape index (κ1) is 17.2. The molecule has 4 atom stereocenters. The normalized spacial score (nSPS) is 26.7. The summed E-state index contributed by atoms with van der Waals surface area (Å²) in [5.41, 5.74) is 3.22. The molecule has 0 spiro atoms. The number of carbonyl (C=O) groups is 1. The van der Waals surface area contributed by atoms with Gasteiger partial charge in [0.25, 0.3) is 0 Å². The second kappa shape index (κ2) is 6.33. The summed E-state index contributed by atoms with van der Waals surface area (Å²) in [4.78, 5) is 11.8. The molecule has 146 valence electrons. The van der Waals surface area contributed by atoms with Gasteiger partial charge in [-0.3, -0.25) is 4.79 Å². The fourth-order valence-corrected chi connectivity index (χ4v) is 4.57. The van der Waals surface area contributed by atoms with Crippen LogP contribution in [0.3, 0.4) is 0 Å². The molecule has 6 heteroatoms. The average Bonchev–Trinajstić information content (AvgIpc) is 3.32. The van der Waals surface area contributed by atoms with Crippen molar-refractivity contribution in [1.82, 2.24) is 0 Å². The lowest BCUT2D eigenvalue weighted by Crippen LogP contribution is -2.32. The summed E-state index contributed by atoms with van der Waals surface area (Å²) in [5, 5.41) is 0. The van der Waals surface area contributed by atoms with Crippen LogP contribution in [-0.4, -0.2) is 19.6 Å². The maximum atomic E-state index is 11.8. The summed E-state index contributed by atoms with van der Waals surface area (Å²) < 4.78 is 28.0. The third-order valence-corrected chi connectivity index (χ3v) is 6.10. The van der Waals surface area contributed by atoms with Gasteiger partial charge in [-0.2, -0.15) is 0 Å². The van der Waals surface area contributed by atoms with Crippen molar-refractivity contribution in [3.63, 3.8) is 0 Å². The van der Waals surface area contributed by atoms with Crippen LogP contribution >= 0.6 is 0 Å². The van der Waals surface area contributed by atoms with Crippen LogP contribution in [-0.2, 0) is 9.53 Å². The van der Waals surface area contributed by atoms with E-state index in [-0.39, 0.29) is 43.4 Å². The molecule has 2 aromatic rings. The Kier molecular flexibility index (Phi) is 3.89. The number of benzene rings is 2. The molecule has 0 saturated carbocycles. The van der Waals surface area contributed by atoms with Crippen LogP contribution in [0.15, 0.2) is 30.3 Å². The Bertz CT molecular complexity index is 952. The molecule has 0 bridgehead atoms. The van der Waals surface area contributed by atoms with E-state index in [1.165, 1.54) is 6.92 Å². The van der Waals surface area contributed by atoms with Gasteiger partial charge in [-0.05, 0) is 41.3 Å².